The minimum absolute atomic E-state index is 0.121. The van der Waals surface area contributed by atoms with Gasteiger partial charge in [0.05, 0.1) is 11.8 Å². The number of aromatic carboxylic acids is 1. The molecule has 0 aliphatic carbocycles. The zero-order chi connectivity index (χ0) is 19.6. The second-order valence-corrected chi connectivity index (χ2v) is 8.30. The fraction of sp³-hybridized carbons (Fsp3) is 0.263. The van der Waals surface area contributed by atoms with Crippen molar-refractivity contribution in [2.45, 2.75) is 12.5 Å². The molecule has 3 rings (SSSR count). The molecule has 2 aromatic rings. The van der Waals surface area contributed by atoms with E-state index in [1.54, 1.807) is 47.4 Å². The molecule has 0 saturated carbocycles. The topological polar surface area (TPSA) is 104 Å². The van der Waals surface area contributed by atoms with Crippen LogP contribution < -0.4 is 4.72 Å². The summed E-state index contributed by atoms with van der Waals surface area (Å²) >= 11 is 0. The van der Waals surface area contributed by atoms with Gasteiger partial charge in [-0.3, -0.25) is 4.79 Å². The van der Waals surface area contributed by atoms with Crippen LogP contribution in [0.15, 0.2) is 48.5 Å². The summed E-state index contributed by atoms with van der Waals surface area (Å²) in [5.74, 6) is -1.31. The van der Waals surface area contributed by atoms with Crippen LogP contribution in [-0.4, -0.2) is 55.7 Å². The van der Waals surface area contributed by atoms with E-state index in [9.17, 15) is 23.1 Å². The van der Waals surface area contributed by atoms with Gasteiger partial charge in [-0.05, 0) is 29.7 Å². The molecule has 1 aliphatic rings. The Hall–Kier alpha value is -2.71. The lowest BCUT2D eigenvalue weighted by Gasteiger charge is -2.19. The van der Waals surface area contributed by atoms with Gasteiger partial charge in [-0.2, -0.15) is 0 Å². The monoisotopic (exact) mass is 388 g/mol. The number of rotatable bonds is 5. The van der Waals surface area contributed by atoms with Crippen molar-refractivity contribution in [3.8, 4) is 11.1 Å². The number of carbonyl (C=O) groups excluding carboxylic acids is 1. The number of carbonyl (C=O) groups is 2. The summed E-state index contributed by atoms with van der Waals surface area (Å²) in [7, 11) is -3.34. The number of likely N-dealkylation sites (tertiary alicyclic amines) is 1. The van der Waals surface area contributed by atoms with E-state index in [4.69, 9.17) is 0 Å². The Labute approximate surface area is 157 Å². The van der Waals surface area contributed by atoms with Crippen molar-refractivity contribution >= 4 is 21.9 Å². The van der Waals surface area contributed by atoms with Crippen molar-refractivity contribution in [3.63, 3.8) is 0 Å². The van der Waals surface area contributed by atoms with E-state index >= 15 is 0 Å². The second-order valence-electron chi connectivity index (χ2n) is 6.52. The van der Waals surface area contributed by atoms with Crippen molar-refractivity contribution in [2.75, 3.05) is 19.3 Å². The Morgan fingerprint density at radius 2 is 1.59 bits per heavy atom. The Bertz CT molecular complexity index is 987. The van der Waals surface area contributed by atoms with Crippen LogP contribution >= 0.6 is 0 Å². The van der Waals surface area contributed by atoms with Gasteiger partial charge in [0.2, 0.25) is 10.0 Å². The number of carboxylic acid groups (broad SMARTS) is 1. The molecule has 8 heteroatoms. The van der Waals surface area contributed by atoms with Crippen LogP contribution in [-0.2, 0) is 10.0 Å². The summed E-state index contributed by atoms with van der Waals surface area (Å²) in [5.41, 5.74) is 1.53. The molecule has 1 atom stereocenters. The zero-order valence-corrected chi connectivity index (χ0v) is 15.6. The predicted molar refractivity (Wildman–Crippen MR) is 101 cm³/mol. The predicted octanol–water partition coefficient (Wildman–Crippen LogP) is 1.82. The van der Waals surface area contributed by atoms with E-state index in [1.807, 2.05) is 0 Å². The van der Waals surface area contributed by atoms with E-state index in [1.165, 1.54) is 6.07 Å². The summed E-state index contributed by atoms with van der Waals surface area (Å²) in [6.45, 7) is 0.710. The zero-order valence-electron chi connectivity index (χ0n) is 14.8. The molecular formula is C19H20N2O5S. The highest BCUT2D eigenvalue weighted by Gasteiger charge is 2.30. The standard InChI is InChI=1S/C19H20N2O5S/c1-27(25,26)20-13-10-11-21(12-13)18(22)16-8-4-2-6-14(16)15-7-3-5-9-17(15)19(23)24/h2-9,13,20H,10-12H2,1H3,(H,23,24). The molecule has 0 bridgehead atoms. The van der Waals surface area contributed by atoms with Crippen molar-refractivity contribution < 1.29 is 23.1 Å². The number of benzene rings is 2. The highest BCUT2D eigenvalue weighted by atomic mass is 32.2. The Morgan fingerprint density at radius 1 is 1.04 bits per heavy atom. The average molecular weight is 388 g/mol. The molecule has 2 aromatic carbocycles. The van der Waals surface area contributed by atoms with Gasteiger partial charge in [-0.25, -0.2) is 17.9 Å². The SMILES string of the molecule is CS(=O)(=O)NC1CCN(C(=O)c2ccccc2-c2ccccc2C(=O)O)C1. The summed E-state index contributed by atoms with van der Waals surface area (Å²) in [4.78, 5) is 26.2. The number of sulfonamides is 1. The summed E-state index contributed by atoms with van der Waals surface area (Å²) in [6, 6.07) is 13.1. The van der Waals surface area contributed by atoms with Gasteiger partial charge in [0.15, 0.2) is 0 Å². The minimum atomic E-state index is -3.34. The summed E-state index contributed by atoms with van der Waals surface area (Å²) < 4.78 is 25.3. The fourth-order valence-electron chi connectivity index (χ4n) is 3.32. The third-order valence-corrected chi connectivity index (χ3v) is 5.22. The van der Waals surface area contributed by atoms with Gasteiger partial charge in [0, 0.05) is 24.7 Å². The first-order chi connectivity index (χ1) is 12.8. The quantitative estimate of drug-likeness (QED) is 0.813. The van der Waals surface area contributed by atoms with E-state index in [0.717, 1.165) is 6.26 Å². The maximum Gasteiger partial charge on any atom is 0.336 e. The highest BCUT2D eigenvalue weighted by molar-refractivity contribution is 7.88. The molecule has 142 valence electrons. The maximum absolute atomic E-state index is 13.0. The maximum atomic E-state index is 13.0. The summed E-state index contributed by atoms with van der Waals surface area (Å²) in [6.07, 6.45) is 1.63. The van der Waals surface area contributed by atoms with Crippen LogP contribution in [0.3, 0.4) is 0 Å². The molecule has 1 aliphatic heterocycles. The lowest BCUT2D eigenvalue weighted by Crippen LogP contribution is -2.38. The molecule has 1 saturated heterocycles. The number of nitrogens with one attached hydrogen (secondary N) is 1. The van der Waals surface area contributed by atoms with Crippen LogP contribution in [0.1, 0.15) is 27.1 Å². The molecule has 1 amide bonds. The van der Waals surface area contributed by atoms with E-state index in [0.29, 0.717) is 29.7 Å². The third kappa shape index (κ3) is 4.35. The van der Waals surface area contributed by atoms with Crippen molar-refractivity contribution in [1.29, 1.82) is 0 Å². The molecule has 0 radical (unpaired) electrons. The minimum Gasteiger partial charge on any atom is -0.478 e. The molecule has 27 heavy (non-hydrogen) atoms. The Balaban J connectivity index is 1.91. The molecule has 0 spiro atoms. The number of hydrogen-bond acceptors (Lipinski definition) is 4. The van der Waals surface area contributed by atoms with Crippen LogP contribution in [0.25, 0.3) is 11.1 Å². The number of hydrogen-bond donors (Lipinski definition) is 2. The smallest absolute Gasteiger partial charge is 0.336 e. The van der Waals surface area contributed by atoms with Gasteiger partial charge >= 0.3 is 5.97 Å². The number of amides is 1. The van der Waals surface area contributed by atoms with E-state index in [-0.39, 0.29) is 24.1 Å². The second kappa shape index (κ2) is 7.50. The van der Waals surface area contributed by atoms with Crippen molar-refractivity contribution in [3.05, 3.63) is 59.7 Å². The fourth-order valence-corrected chi connectivity index (χ4v) is 4.12. The van der Waals surface area contributed by atoms with Crippen LogP contribution in [0.5, 0.6) is 0 Å². The van der Waals surface area contributed by atoms with Crippen LogP contribution in [0, 0.1) is 0 Å². The largest absolute Gasteiger partial charge is 0.478 e. The average Bonchev–Trinajstić information content (AvgIpc) is 3.07. The van der Waals surface area contributed by atoms with E-state index in [2.05, 4.69) is 4.72 Å². The van der Waals surface area contributed by atoms with Gasteiger partial charge < -0.3 is 10.0 Å². The number of nitrogens with zero attached hydrogens (tertiary/aromatic N) is 1. The first kappa shape index (κ1) is 19.1. The lowest BCUT2D eigenvalue weighted by molar-refractivity contribution is 0.0696. The Kier molecular flexibility index (Phi) is 5.29. The lowest BCUT2D eigenvalue weighted by atomic mass is 9.95. The van der Waals surface area contributed by atoms with Gasteiger partial charge in [-0.1, -0.05) is 36.4 Å². The summed E-state index contributed by atoms with van der Waals surface area (Å²) in [5, 5.41) is 9.45. The number of carboxylic acids is 1. The molecule has 1 unspecified atom stereocenters. The van der Waals surface area contributed by atoms with Crippen molar-refractivity contribution in [1.82, 2.24) is 9.62 Å². The molecule has 0 aromatic heterocycles. The van der Waals surface area contributed by atoms with E-state index < -0.39 is 16.0 Å². The molecule has 7 nitrogen and oxygen atoms in total. The van der Waals surface area contributed by atoms with Gasteiger partial charge in [0.25, 0.3) is 5.91 Å². The normalized spacial score (nSPS) is 17.1. The Morgan fingerprint density at radius 3 is 2.19 bits per heavy atom. The van der Waals surface area contributed by atoms with Gasteiger partial charge in [-0.15, -0.1) is 0 Å². The molecule has 2 N–H and O–H groups in total. The third-order valence-electron chi connectivity index (χ3n) is 4.46. The molecule has 1 heterocycles. The first-order valence-corrected chi connectivity index (χ1v) is 10.3. The molecule has 1 fully saturated rings. The van der Waals surface area contributed by atoms with Crippen LogP contribution in [0.2, 0.25) is 0 Å². The first-order valence-electron chi connectivity index (χ1n) is 8.44. The molecular weight excluding hydrogens is 368 g/mol. The van der Waals surface area contributed by atoms with Crippen molar-refractivity contribution in [2.24, 2.45) is 0 Å². The van der Waals surface area contributed by atoms with Crippen LogP contribution in [0.4, 0.5) is 0 Å². The highest BCUT2D eigenvalue weighted by Crippen LogP contribution is 2.29. The van der Waals surface area contributed by atoms with Gasteiger partial charge in [0.1, 0.15) is 0 Å².